The Bertz CT molecular complexity index is 258. The Morgan fingerprint density at radius 3 is 2.31 bits per heavy atom. The van der Waals surface area contributed by atoms with Crippen molar-refractivity contribution in [2.24, 2.45) is 0 Å². The maximum Gasteiger partial charge on any atom is 0.211 e. The molecule has 0 saturated heterocycles. The van der Waals surface area contributed by atoms with E-state index in [-0.39, 0.29) is 5.54 Å². The van der Waals surface area contributed by atoms with Crippen molar-refractivity contribution in [3.05, 3.63) is 35.4 Å². The lowest BCUT2D eigenvalue weighted by atomic mass is 10.1. The van der Waals surface area contributed by atoms with E-state index in [1.54, 1.807) is 0 Å². The summed E-state index contributed by atoms with van der Waals surface area (Å²) >= 11 is 5.68. The third-order valence-electron chi connectivity index (χ3n) is 2.26. The predicted molar refractivity (Wildman–Crippen MR) is 58.3 cm³/mol. The summed E-state index contributed by atoms with van der Waals surface area (Å²) in [4.78, 5) is 9.48. The number of alkyl halides is 1. The van der Waals surface area contributed by atoms with E-state index in [1.807, 2.05) is 30.8 Å². The van der Waals surface area contributed by atoms with Crippen LogP contribution < -0.4 is 0 Å². The molecule has 1 aromatic carbocycles. The van der Waals surface area contributed by atoms with E-state index in [9.17, 15) is 4.80 Å². The van der Waals surface area contributed by atoms with Gasteiger partial charge in [0.1, 0.15) is 0 Å². The quantitative estimate of drug-likeness (QED) is 0.605. The van der Waals surface area contributed by atoms with Gasteiger partial charge in [0.15, 0.2) is 0 Å². The lowest BCUT2D eigenvalue weighted by molar-refractivity contribution is 0.562. The first kappa shape index (κ1) is 10.8. The molecular weight excluding hydrogens is 200 g/mol. The van der Waals surface area contributed by atoms with Crippen LogP contribution >= 0.6 is 11.6 Å². The third-order valence-corrected chi connectivity index (χ3v) is 4.16. The van der Waals surface area contributed by atoms with Gasteiger partial charge in [0.2, 0.25) is 9.04 Å². The van der Waals surface area contributed by atoms with E-state index >= 15 is 0 Å². The van der Waals surface area contributed by atoms with Gasteiger partial charge >= 0.3 is 0 Å². The molecule has 0 aromatic heterocycles. The van der Waals surface area contributed by atoms with Crippen LogP contribution in [0.4, 0.5) is 0 Å². The minimum absolute atomic E-state index is 0.286. The number of rotatable bonds is 3. The summed E-state index contributed by atoms with van der Waals surface area (Å²) in [7, 11) is -1.22. The molecule has 0 aliphatic rings. The molecule has 0 bridgehead atoms. The fraction of sp³-hybridized carbons (Fsp3) is 0.400. The second kappa shape index (κ2) is 4.79. The monoisotopic (exact) mass is 213 g/mol. The van der Waals surface area contributed by atoms with Crippen molar-refractivity contribution < 1.29 is 4.80 Å². The molecule has 1 nitrogen and oxygen atoms in total. The van der Waals surface area contributed by atoms with Crippen LogP contribution in [0.1, 0.15) is 23.6 Å². The molecule has 0 spiro atoms. The Hall–Kier alpha value is -0.313. The van der Waals surface area contributed by atoms with E-state index in [2.05, 4.69) is 6.92 Å². The minimum Gasteiger partial charge on any atom is -0.431 e. The highest BCUT2D eigenvalue weighted by atomic mass is 35.5. The zero-order chi connectivity index (χ0) is 9.84. The van der Waals surface area contributed by atoms with E-state index in [4.69, 9.17) is 11.6 Å². The lowest BCUT2D eigenvalue weighted by Gasteiger charge is -2.12. The van der Waals surface area contributed by atoms with Gasteiger partial charge < -0.3 is 4.80 Å². The average Bonchev–Trinajstić information content (AvgIpc) is 2.17. The highest BCUT2D eigenvalue weighted by Crippen LogP contribution is 2.18. The summed E-state index contributed by atoms with van der Waals surface area (Å²) in [5.74, 6) is 0.553. The molecule has 1 rings (SSSR count). The van der Waals surface area contributed by atoms with Crippen molar-refractivity contribution in [3.8, 4) is 0 Å². The Morgan fingerprint density at radius 1 is 1.38 bits per heavy atom. The van der Waals surface area contributed by atoms with Crippen molar-refractivity contribution in [2.45, 2.75) is 24.9 Å². The highest BCUT2D eigenvalue weighted by molar-refractivity contribution is 6.50. The second-order valence-electron chi connectivity index (χ2n) is 3.24. The van der Waals surface area contributed by atoms with Gasteiger partial charge in [0.05, 0.1) is 0 Å². The van der Waals surface area contributed by atoms with Gasteiger partial charge in [-0.3, -0.25) is 0 Å². The zero-order valence-corrected chi connectivity index (χ0v) is 9.67. The van der Waals surface area contributed by atoms with Crippen LogP contribution in [0, 0.1) is 0 Å². The summed E-state index contributed by atoms with van der Waals surface area (Å²) in [5, 5.41) is 0. The molecule has 0 saturated carbocycles. The van der Waals surface area contributed by atoms with E-state index in [1.165, 1.54) is 5.56 Å². The fourth-order valence-electron chi connectivity index (χ4n) is 1.14. The first-order valence-electron chi connectivity index (χ1n) is 4.32. The van der Waals surface area contributed by atoms with Crippen LogP contribution in [0.25, 0.3) is 0 Å². The molecule has 71 valence electrons. The summed E-state index contributed by atoms with van der Waals surface area (Å²) in [6, 6.07) is 8.13. The van der Waals surface area contributed by atoms with E-state index in [0.717, 1.165) is 5.56 Å². The maximum absolute atomic E-state index is 9.48. The number of benzene rings is 1. The van der Waals surface area contributed by atoms with Gasteiger partial charge in [-0.2, -0.15) is 0 Å². The third kappa shape index (κ3) is 2.83. The first-order valence-corrected chi connectivity index (χ1v) is 6.88. The lowest BCUT2D eigenvalue weighted by Crippen LogP contribution is -2.16. The molecule has 1 unspecified atom stereocenters. The molecule has 1 N–H and O–H groups in total. The van der Waals surface area contributed by atoms with Crippen molar-refractivity contribution in [1.82, 2.24) is 0 Å². The molecule has 1 atom stereocenters. The fourth-order valence-corrected chi connectivity index (χ4v) is 1.99. The number of hydrogen-bond acceptors (Lipinski definition) is 1. The summed E-state index contributed by atoms with van der Waals surface area (Å²) in [6.45, 7) is 3.97. The molecule has 1 radical (unpaired) electrons. The molecule has 13 heavy (non-hydrogen) atoms. The van der Waals surface area contributed by atoms with Crippen LogP contribution in [0.3, 0.4) is 0 Å². The Morgan fingerprint density at radius 2 is 1.92 bits per heavy atom. The average molecular weight is 214 g/mol. The van der Waals surface area contributed by atoms with Crippen LogP contribution in [-0.2, 0) is 5.88 Å². The molecule has 0 amide bonds. The molecular formula is C10H14ClOSi. The van der Waals surface area contributed by atoms with Crippen molar-refractivity contribution in [3.63, 3.8) is 0 Å². The molecule has 1 aromatic rings. The number of hydrogen-bond donors (Lipinski definition) is 1. The van der Waals surface area contributed by atoms with Crippen molar-refractivity contribution >= 4 is 20.6 Å². The summed E-state index contributed by atoms with van der Waals surface area (Å²) in [6.07, 6.45) is 0. The molecule has 0 aliphatic carbocycles. The van der Waals surface area contributed by atoms with E-state index < -0.39 is 9.04 Å². The predicted octanol–water partition coefficient (Wildman–Crippen LogP) is 2.68. The number of halogens is 1. The SMILES string of the molecule is CC(c1ccc(CCl)cc1)[Si](C)O. The van der Waals surface area contributed by atoms with Gasteiger partial charge in [-0.05, 0) is 23.2 Å². The van der Waals surface area contributed by atoms with Crippen LogP contribution in [0.15, 0.2) is 24.3 Å². The minimum atomic E-state index is -1.22. The highest BCUT2D eigenvalue weighted by Gasteiger charge is 2.13. The summed E-state index contributed by atoms with van der Waals surface area (Å²) < 4.78 is 0. The van der Waals surface area contributed by atoms with Gasteiger partial charge in [0.25, 0.3) is 0 Å². The topological polar surface area (TPSA) is 20.2 Å². The first-order chi connectivity index (χ1) is 6.15. The normalized spacial score (nSPS) is 13.3. The van der Waals surface area contributed by atoms with Gasteiger partial charge in [-0.25, -0.2) is 0 Å². The Labute approximate surface area is 86.1 Å². The smallest absolute Gasteiger partial charge is 0.211 e. The molecule has 0 heterocycles. The van der Waals surface area contributed by atoms with Gasteiger partial charge in [-0.1, -0.05) is 31.2 Å². The van der Waals surface area contributed by atoms with Crippen molar-refractivity contribution in [2.75, 3.05) is 0 Å². The molecule has 0 fully saturated rings. The van der Waals surface area contributed by atoms with Gasteiger partial charge in [-0.15, -0.1) is 11.6 Å². The van der Waals surface area contributed by atoms with Crippen molar-refractivity contribution in [1.29, 1.82) is 0 Å². The summed E-state index contributed by atoms with van der Waals surface area (Å²) in [5.41, 5.74) is 2.61. The van der Waals surface area contributed by atoms with E-state index in [0.29, 0.717) is 5.88 Å². The Kier molecular flexibility index (Phi) is 3.97. The Balaban J connectivity index is 2.79. The maximum atomic E-state index is 9.48. The largest absolute Gasteiger partial charge is 0.431 e. The molecule has 0 aliphatic heterocycles. The van der Waals surface area contributed by atoms with Crippen LogP contribution in [-0.4, -0.2) is 13.8 Å². The second-order valence-corrected chi connectivity index (χ2v) is 5.65. The standard InChI is InChI=1S/C10H14ClOSi/c1-8(13(2)12)10-5-3-9(7-11)4-6-10/h3-6,8,12H,7H2,1-2H3. The van der Waals surface area contributed by atoms with Gasteiger partial charge in [0, 0.05) is 5.88 Å². The van der Waals surface area contributed by atoms with Crippen LogP contribution in [0.5, 0.6) is 0 Å². The van der Waals surface area contributed by atoms with Crippen LogP contribution in [0.2, 0.25) is 6.55 Å². The zero-order valence-electron chi connectivity index (χ0n) is 7.92. The molecule has 3 heteroatoms.